The number of amides is 3. The highest BCUT2D eigenvalue weighted by Crippen LogP contribution is 2.26. The highest BCUT2D eigenvalue weighted by Gasteiger charge is 2.28. The van der Waals surface area contributed by atoms with Gasteiger partial charge in [-0.1, -0.05) is 19.8 Å². The maximum Gasteiger partial charge on any atom is 0.249 e. The zero-order valence-electron chi connectivity index (χ0n) is 11.8. The average molecular weight is 282 g/mol. The summed E-state index contributed by atoms with van der Waals surface area (Å²) < 4.78 is 5.64. The Hall–Kier alpha value is -1.43. The summed E-state index contributed by atoms with van der Waals surface area (Å²) in [7, 11) is 0. The minimum atomic E-state index is -0.618. The molecule has 2 aliphatic rings. The van der Waals surface area contributed by atoms with Crippen molar-refractivity contribution in [3.63, 3.8) is 0 Å². The third kappa shape index (κ3) is 4.03. The Morgan fingerprint density at radius 3 is 2.75 bits per heavy atom. The maximum absolute atomic E-state index is 11.8. The molecular weight excluding hydrogens is 260 g/mol. The van der Waals surface area contributed by atoms with Crippen LogP contribution in [0.4, 0.5) is 0 Å². The minimum Gasteiger partial charge on any atom is -0.368 e. The number of hydrogen-bond acceptors (Lipinski definition) is 4. The number of rotatable bonds is 4. The predicted octanol–water partition coefficient (Wildman–Crippen LogP) is 0.503. The van der Waals surface area contributed by atoms with E-state index in [0.717, 1.165) is 19.3 Å². The highest BCUT2D eigenvalue weighted by atomic mass is 16.5. The first-order chi connectivity index (χ1) is 9.56. The molecule has 2 fully saturated rings. The van der Waals surface area contributed by atoms with Crippen LogP contribution in [0.2, 0.25) is 0 Å². The first-order valence-corrected chi connectivity index (χ1v) is 7.31. The van der Waals surface area contributed by atoms with Crippen LogP contribution >= 0.6 is 0 Å². The van der Waals surface area contributed by atoms with E-state index in [4.69, 9.17) is 4.74 Å². The normalized spacial score (nSPS) is 30.8. The van der Waals surface area contributed by atoms with Gasteiger partial charge in [0.1, 0.15) is 12.6 Å². The van der Waals surface area contributed by atoms with Crippen LogP contribution in [0.3, 0.4) is 0 Å². The van der Waals surface area contributed by atoms with E-state index in [0.29, 0.717) is 12.3 Å². The molecule has 1 saturated heterocycles. The molecule has 0 aromatic heterocycles. The number of carbonyl (C=O) groups excluding carboxylic acids is 3. The second kappa shape index (κ2) is 6.83. The van der Waals surface area contributed by atoms with E-state index in [-0.39, 0.29) is 30.9 Å². The largest absolute Gasteiger partial charge is 0.368 e. The molecule has 0 bridgehead atoms. The van der Waals surface area contributed by atoms with E-state index in [1.165, 1.54) is 6.42 Å². The lowest BCUT2D eigenvalue weighted by Crippen LogP contribution is -2.53. The van der Waals surface area contributed by atoms with Crippen molar-refractivity contribution in [1.82, 2.24) is 10.6 Å². The zero-order chi connectivity index (χ0) is 14.5. The minimum absolute atomic E-state index is 0.0211. The zero-order valence-corrected chi connectivity index (χ0v) is 11.8. The molecule has 0 spiro atoms. The summed E-state index contributed by atoms with van der Waals surface area (Å²) in [6.45, 7) is 2.12. The van der Waals surface area contributed by atoms with E-state index in [1.807, 2.05) is 0 Å². The van der Waals surface area contributed by atoms with Gasteiger partial charge in [-0.25, -0.2) is 0 Å². The van der Waals surface area contributed by atoms with Crippen LogP contribution < -0.4 is 10.6 Å². The molecule has 3 atom stereocenters. The van der Waals surface area contributed by atoms with Gasteiger partial charge in [0.05, 0.1) is 6.10 Å². The molecule has 1 aliphatic heterocycles. The molecule has 3 unspecified atom stereocenters. The Morgan fingerprint density at radius 1 is 1.30 bits per heavy atom. The molecule has 0 radical (unpaired) electrons. The second-order valence-electron chi connectivity index (χ2n) is 5.68. The second-order valence-corrected chi connectivity index (χ2v) is 5.68. The summed E-state index contributed by atoms with van der Waals surface area (Å²) in [4.78, 5) is 34.3. The monoisotopic (exact) mass is 282 g/mol. The van der Waals surface area contributed by atoms with Gasteiger partial charge in [0.25, 0.3) is 0 Å². The molecule has 3 amide bonds. The van der Waals surface area contributed by atoms with Gasteiger partial charge >= 0.3 is 0 Å². The molecule has 6 heteroatoms. The smallest absolute Gasteiger partial charge is 0.249 e. The maximum atomic E-state index is 11.8. The number of imide groups is 1. The van der Waals surface area contributed by atoms with Gasteiger partial charge in [-0.15, -0.1) is 0 Å². The van der Waals surface area contributed by atoms with Gasteiger partial charge in [-0.05, 0) is 25.2 Å². The van der Waals surface area contributed by atoms with Crippen LogP contribution in [-0.2, 0) is 19.1 Å². The third-order valence-electron chi connectivity index (χ3n) is 4.04. The summed E-state index contributed by atoms with van der Waals surface area (Å²) in [5, 5.41) is 4.83. The van der Waals surface area contributed by atoms with Crippen molar-refractivity contribution >= 4 is 17.7 Å². The average Bonchev–Trinajstić information content (AvgIpc) is 2.41. The first-order valence-electron chi connectivity index (χ1n) is 7.31. The molecule has 0 aromatic rings. The lowest BCUT2D eigenvalue weighted by molar-refractivity contribution is -0.139. The Labute approximate surface area is 118 Å². The summed E-state index contributed by atoms with van der Waals surface area (Å²) in [5.74, 6) is -0.530. The molecule has 2 N–H and O–H groups in total. The third-order valence-corrected chi connectivity index (χ3v) is 4.04. The molecule has 20 heavy (non-hydrogen) atoms. The molecule has 6 nitrogen and oxygen atoms in total. The first kappa shape index (κ1) is 15.0. The van der Waals surface area contributed by atoms with Crippen molar-refractivity contribution in [1.29, 1.82) is 0 Å². The summed E-state index contributed by atoms with van der Waals surface area (Å²) >= 11 is 0. The van der Waals surface area contributed by atoms with E-state index in [2.05, 4.69) is 17.6 Å². The van der Waals surface area contributed by atoms with Crippen LogP contribution in [0.5, 0.6) is 0 Å². The van der Waals surface area contributed by atoms with E-state index >= 15 is 0 Å². The number of ether oxygens (including phenoxy) is 1. The number of carbonyl (C=O) groups is 3. The molecule has 112 valence electrons. The Morgan fingerprint density at radius 2 is 2.05 bits per heavy atom. The lowest BCUT2D eigenvalue weighted by atomic mass is 9.88. The number of piperidine rings is 1. The van der Waals surface area contributed by atoms with Crippen molar-refractivity contribution in [2.45, 2.75) is 57.6 Å². The van der Waals surface area contributed by atoms with E-state index in [1.54, 1.807) is 0 Å². The number of hydrogen-bond donors (Lipinski definition) is 2. The molecule has 2 rings (SSSR count). The Balaban J connectivity index is 1.72. The van der Waals surface area contributed by atoms with Crippen LogP contribution in [0.15, 0.2) is 0 Å². The van der Waals surface area contributed by atoms with Crippen LogP contribution in [0, 0.1) is 5.92 Å². The molecule has 1 saturated carbocycles. The van der Waals surface area contributed by atoms with Crippen LogP contribution in [0.1, 0.15) is 45.4 Å². The summed E-state index contributed by atoms with van der Waals surface area (Å²) in [6.07, 6.45) is 5.25. The van der Waals surface area contributed by atoms with Gasteiger partial charge in [0, 0.05) is 6.42 Å². The fourth-order valence-electron chi connectivity index (χ4n) is 2.78. The predicted molar refractivity (Wildman–Crippen MR) is 71.7 cm³/mol. The van der Waals surface area contributed by atoms with E-state index in [9.17, 15) is 14.4 Å². The topological polar surface area (TPSA) is 84.5 Å². The van der Waals surface area contributed by atoms with Crippen molar-refractivity contribution < 1.29 is 19.1 Å². The SMILES string of the molecule is CC1CCCCC1OCC(=O)NC1CCC(=O)NC1=O. The molecule has 1 aliphatic carbocycles. The number of nitrogens with one attached hydrogen (secondary N) is 2. The fraction of sp³-hybridized carbons (Fsp3) is 0.786. The van der Waals surface area contributed by atoms with Gasteiger partial charge < -0.3 is 10.1 Å². The van der Waals surface area contributed by atoms with Crippen molar-refractivity contribution in [2.24, 2.45) is 5.92 Å². The summed E-state index contributed by atoms with van der Waals surface area (Å²) in [5.41, 5.74) is 0. The fourth-order valence-corrected chi connectivity index (χ4v) is 2.78. The van der Waals surface area contributed by atoms with Gasteiger partial charge in [-0.2, -0.15) is 0 Å². The summed E-state index contributed by atoms with van der Waals surface area (Å²) in [6, 6.07) is -0.618. The lowest BCUT2D eigenvalue weighted by Gasteiger charge is -2.29. The van der Waals surface area contributed by atoms with Crippen LogP contribution in [0.25, 0.3) is 0 Å². The van der Waals surface area contributed by atoms with Crippen LogP contribution in [-0.4, -0.2) is 36.5 Å². The highest BCUT2D eigenvalue weighted by molar-refractivity contribution is 6.01. The Kier molecular flexibility index (Phi) is 5.11. The van der Waals surface area contributed by atoms with Gasteiger partial charge in [0.2, 0.25) is 17.7 Å². The quantitative estimate of drug-likeness (QED) is 0.736. The molecule has 0 aromatic carbocycles. The van der Waals surface area contributed by atoms with Crippen molar-refractivity contribution in [3.05, 3.63) is 0 Å². The van der Waals surface area contributed by atoms with Crippen molar-refractivity contribution in [3.8, 4) is 0 Å². The molecule has 1 heterocycles. The van der Waals surface area contributed by atoms with Gasteiger partial charge in [0.15, 0.2) is 0 Å². The Bertz CT molecular complexity index is 397. The standard InChI is InChI=1S/C14H22N2O4/c1-9-4-2-3-5-11(9)20-8-13(18)15-10-6-7-12(17)16-14(10)19/h9-11H,2-8H2,1H3,(H,15,18)(H,16,17,19). The van der Waals surface area contributed by atoms with Gasteiger partial charge in [-0.3, -0.25) is 19.7 Å². The molecular formula is C14H22N2O4. The van der Waals surface area contributed by atoms with E-state index < -0.39 is 11.9 Å². The van der Waals surface area contributed by atoms with Crippen molar-refractivity contribution in [2.75, 3.05) is 6.61 Å².